The maximum absolute atomic E-state index is 12.9. The molecule has 6 heteroatoms. The standard InChI is InChI=1S/C22H20ClN3OS/c23-17-6-1-2-7-18(17)25-21-20-15(10-11-28-20)14-4-3-5-16(19(14)26-21)22(27)24-12-13-8-9-13/h1-7,10-11,13,16,19H,8-9,12H2,(H,24,27)(H,25,26). The average Bonchev–Trinajstić information content (AvgIpc) is 3.40. The van der Waals surface area contributed by atoms with Crippen LogP contribution in [0.4, 0.5) is 5.69 Å². The lowest BCUT2D eigenvalue weighted by molar-refractivity contribution is -0.123. The molecule has 5 rings (SSSR count). The summed E-state index contributed by atoms with van der Waals surface area (Å²) >= 11 is 7.98. The van der Waals surface area contributed by atoms with E-state index in [-0.39, 0.29) is 17.9 Å². The Bertz CT molecular complexity index is 1020. The molecule has 0 radical (unpaired) electrons. The molecule has 2 aromatic rings. The molecule has 2 unspecified atom stereocenters. The number of allylic oxidation sites excluding steroid dienone is 2. The van der Waals surface area contributed by atoms with Gasteiger partial charge in [-0.3, -0.25) is 9.79 Å². The summed E-state index contributed by atoms with van der Waals surface area (Å²) in [6.07, 6.45) is 8.47. The molecule has 0 bridgehead atoms. The molecule has 1 aromatic carbocycles. The van der Waals surface area contributed by atoms with E-state index < -0.39 is 0 Å². The normalized spacial score (nSPS) is 22.6. The smallest absolute Gasteiger partial charge is 0.229 e. The molecule has 28 heavy (non-hydrogen) atoms. The maximum Gasteiger partial charge on any atom is 0.229 e. The lowest BCUT2D eigenvalue weighted by Gasteiger charge is -2.30. The summed E-state index contributed by atoms with van der Waals surface area (Å²) in [6.45, 7) is 0.771. The number of anilines is 1. The number of para-hydroxylation sites is 1. The van der Waals surface area contributed by atoms with Crippen molar-refractivity contribution in [2.45, 2.75) is 18.9 Å². The summed E-state index contributed by atoms with van der Waals surface area (Å²) in [5.41, 5.74) is 3.06. The fraction of sp³-hybridized carbons (Fsp3) is 0.273. The van der Waals surface area contributed by atoms with E-state index in [9.17, 15) is 4.79 Å². The molecule has 1 fully saturated rings. The third-order valence-corrected chi connectivity index (χ3v) is 6.65. The van der Waals surface area contributed by atoms with Crippen LogP contribution in [0.5, 0.6) is 0 Å². The van der Waals surface area contributed by atoms with Crippen LogP contribution in [-0.2, 0) is 4.79 Å². The Morgan fingerprint density at radius 1 is 1.25 bits per heavy atom. The SMILES string of the molecule is O=C(NCC1CC1)C1C=CC=C2c3ccsc3C(Nc3ccccc3Cl)=NC21. The van der Waals surface area contributed by atoms with Gasteiger partial charge in [0.2, 0.25) is 5.91 Å². The van der Waals surface area contributed by atoms with Crippen LogP contribution >= 0.6 is 22.9 Å². The zero-order valence-corrected chi connectivity index (χ0v) is 16.8. The van der Waals surface area contributed by atoms with Gasteiger partial charge in [-0.05, 0) is 47.9 Å². The Hall–Kier alpha value is -2.37. The van der Waals surface area contributed by atoms with Gasteiger partial charge in [-0.2, -0.15) is 0 Å². The van der Waals surface area contributed by atoms with E-state index >= 15 is 0 Å². The Labute approximate surface area is 173 Å². The average molecular weight is 410 g/mol. The van der Waals surface area contributed by atoms with E-state index in [0.717, 1.165) is 34.1 Å². The van der Waals surface area contributed by atoms with Gasteiger partial charge in [0.25, 0.3) is 0 Å². The molecule has 142 valence electrons. The number of amides is 1. The number of thiophene rings is 1. The van der Waals surface area contributed by atoms with Crippen LogP contribution < -0.4 is 10.6 Å². The number of aliphatic imine (C=N–C) groups is 1. The van der Waals surface area contributed by atoms with Crippen molar-refractivity contribution < 1.29 is 4.79 Å². The van der Waals surface area contributed by atoms with E-state index in [1.807, 2.05) is 36.4 Å². The molecule has 1 aromatic heterocycles. The van der Waals surface area contributed by atoms with Crippen LogP contribution in [0.1, 0.15) is 23.3 Å². The minimum absolute atomic E-state index is 0.0540. The van der Waals surface area contributed by atoms with Crippen LogP contribution in [0, 0.1) is 11.8 Å². The number of rotatable bonds is 4. The zero-order chi connectivity index (χ0) is 19.1. The highest BCUT2D eigenvalue weighted by Crippen LogP contribution is 2.39. The highest BCUT2D eigenvalue weighted by atomic mass is 35.5. The Morgan fingerprint density at radius 2 is 2.11 bits per heavy atom. The van der Waals surface area contributed by atoms with Crippen molar-refractivity contribution in [1.29, 1.82) is 0 Å². The van der Waals surface area contributed by atoms with Gasteiger partial charge in [0, 0.05) is 12.1 Å². The maximum atomic E-state index is 12.9. The number of carbonyl (C=O) groups is 1. The quantitative estimate of drug-likeness (QED) is 0.766. The van der Waals surface area contributed by atoms with E-state index in [0.29, 0.717) is 10.9 Å². The summed E-state index contributed by atoms with van der Waals surface area (Å²) in [7, 11) is 0. The summed E-state index contributed by atoms with van der Waals surface area (Å²) in [5, 5.41) is 9.22. The van der Waals surface area contributed by atoms with Gasteiger partial charge in [-0.1, -0.05) is 42.0 Å². The summed E-state index contributed by atoms with van der Waals surface area (Å²) in [6, 6.07) is 9.52. The molecule has 1 aliphatic heterocycles. The van der Waals surface area contributed by atoms with Crippen molar-refractivity contribution in [3.8, 4) is 0 Å². The van der Waals surface area contributed by atoms with Gasteiger partial charge < -0.3 is 10.6 Å². The van der Waals surface area contributed by atoms with Crippen LogP contribution in [-0.4, -0.2) is 24.3 Å². The van der Waals surface area contributed by atoms with Gasteiger partial charge in [-0.15, -0.1) is 11.3 Å². The highest BCUT2D eigenvalue weighted by Gasteiger charge is 2.37. The number of hydrogen-bond acceptors (Lipinski definition) is 4. The lowest BCUT2D eigenvalue weighted by Crippen LogP contribution is -2.40. The second kappa shape index (κ2) is 7.22. The molecular formula is C22H20ClN3OS. The van der Waals surface area contributed by atoms with E-state index in [4.69, 9.17) is 16.6 Å². The van der Waals surface area contributed by atoms with E-state index in [1.54, 1.807) is 11.3 Å². The number of amidine groups is 1. The van der Waals surface area contributed by atoms with Crippen LogP contribution in [0.15, 0.2) is 58.9 Å². The van der Waals surface area contributed by atoms with Gasteiger partial charge in [0.1, 0.15) is 5.84 Å². The Balaban J connectivity index is 1.47. The number of hydrogen-bond donors (Lipinski definition) is 2. The first-order valence-electron chi connectivity index (χ1n) is 9.54. The van der Waals surface area contributed by atoms with Gasteiger partial charge in [0.15, 0.2) is 0 Å². The number of halogens is 1. The number of benzene rings is 1. The monoisotopic (exact) mass is 409 g/mol. The first kappa shape index (κ1) is 17.7. The fourth-order valence-corrected chi connectivity index (χ4v) is 4.74. The Kier molecular flexibility index (Phi) is 4.57. The van der Waals surface area contributed by atoms with Crippen molar-refractivity contribution in [3.05, 3.63) is 69.4 Å². The molecule has 2 atom stereocenters. The van der Waals surface area contributed by atoms with E-state index in [2.05, 4.69) is 28.2 Å². The predicted octanol–water partition coefficient (Wildman–Crippen LogP) is 4.74. The summed E-state index contributed by atoms with van der Waals surface area (Å²) in [4.78, 5) is 18.9. The predicted molar refractivity (Wildman–Crippen MR) is 116 cm³/mol. The largest absolute Gasteiger partial charge is 0.355 e. The number of nitrogens with one attached hydrogen (secondary N) is 2. The van der Waals surface area contributed by atoms with Crippen molar-refractivity contribution >= 4 is 45.9 Å². The molecule has 1 amide bonds. The first-order valence-corrected chi connectivity index (χ1v) is 10.8. The molecule has 4 nitrogen and oxygen atoms in total. The molecule has 0 spiro atoms. The Morgan fingerprint density at radius 3 is 2.93 bits per heavy atom. The van der Waals surface area contributed by atoms with E-state index in [1.165, 1.54) is 12.8 Å². The van der Waals surface area contributed by atoms with Crippen molar-refractivity contribution in [2.75, 3.05) is 11.9 Å². The van der Waals surface area contributed by atoms with Gasteiger partial charge in [-0.25, -0.2) is 0 Å². The molecule has 2 N–H and O–H groups in total. The second-order valence-electron chi connectivity index (χ2n) is 7.41. The first-order chi connectivity index (χ1) is 13.7. The van der Waals surface area contributed by atoms with Crippen molar-refractivity contribution in [3.63, 3.8) is 0 Å². The molecule has 2 heterocycles. The molecular weight excluding hydrogens is 390 g/mol. The molecule has 3 aliphatic rings. The lowest BCUT2D eigenvalue weighted by atomic mass is 9.83. The van der Waals surface area contributed by atoms with Crippen molar-refractivity contribution in [1.82, 2.24) is 5.32 Å². The summed E-state index contributed by atoms with van der Waals surface area (Å²) in [5.74, 6) is 1.19. The highest BCUT2D eigenvalue weighted by molar-refractivity contribution is 7.12. The minimum Gasteiger partial charge on any atom is -0.355 e. The van der Waals surface area contributed by atoms with Gasteiger partial charge in [0.05, 0.1) is 27.5 Å². The summed E-state index contributed by atoms with van der Waals surface area (Å²) < 4.78 is 0. The third kappa shape index (κ3) is 3.29. The van der Waals surface area contributed by atoms with Crippen LogP contribution in [0.25, 0.3) is 5.57 Å². The van der Waals surface area contributed by atoms with Crippen LogP contribution in [0.2, 0.25) is 5.02 Å². The number of carbonyl (C=O) groups excluding carboxylic acids is 1. The number of nitrogens with zero attached hydrogens (tertiary/aromatic N) is 1. The molecule has 2 aliphatic carbocycles. The minimum atomic E-state index is -0.296. The van der Waals surface area contributed by atoms with Crippen molar-refractivity contribution in [2.24, 2.45) is 16.8 Å². The molecule has 1 saturated carbocycles. The fourth-order valence-electron chi connectivity index (χ4n) is 3.69. The number of fused-ring (bicyclic) bond motifs is 3. The van der Waals surface area contributed by atoms with Crippen LogP contribution in [0.3, 0.4) is 0 Å². The zero-order valence-electron chi connectivity index (χ0n) is 15.2. The van der Waals surface area contributed by atoms with Gasteiger partial charge >= 0.3 is 0 Å². The third-order valence-electron chi connectivity index (χ3n) is 5.40. The topological polar surface area (TPSA) is 53.5 Å². The molecule has 0 saturated heterocycles. The second-order valence-corrected chi connectivity index (χ2v) is 8.74.